The normalized spacial score (nSPS) is 13.5. The fraction of sp³-hybridized carbons (Fsp3) is 0.103. The Labute approximate surface area is 355 Å². The third kappa shape index (κ3) is 5.87. The summed E-state index contributed by atoms with van der Waals surface area (Å²) in [5.41, 5.74) is 14.8. The Balaban J connectivity index is 1.16. The molecule has 0 atom stereocenters. The third-order valence-corrected chi connectivity index (χ3v) is 13.2. The van der Waals surface area contributed by atoms with Crippen LogP contribution in [0.3, 0.4) is 0 Å². The van der Waals surface area contributed by atoms with Crippen molar-refractivity contribution in [3.63, 3.8) is 0 Å². The average molecular weight is 785 g/mol. The summed E-state index contributed by atoms with van der Waals surface area (Å²) in [4.78, 5) is 2.54. The maximum atomic E-state index is 6.50. The van der Waals surface area contributed by atoms with Crippen LogP contribution in [0, 0.1) is 0 Å². The van der Waals surface area contributed by atoms with Gasteiger partial charge in [-0.1, -0.05) is 159 Å². The van der Waals surface area contributed by atoms with Gasteiger partial charge in [0.1, 0.15) is 11.2 Å². The zero-order valence-electron chi connectivity index (χ0n) is 34.0. The van der Waals surface area contributed by atoms with Crippen molar-refractivity contribution in [2.75, 3.05) is 4.90 Å². The Hall–Kier alpha value is -7.36. The number of benzene rings is 9. The van der Waals surface area contributed by atoms with Crippen LogP contribution < -0.4 is 4.90 Å². The number of aromatic nitrogens is 1. The predicted octanol–water partition coefficient (Wildman–Crippen LogP) is 16.7. The molecule has 2 aromatic heterocycles. The Morgan fingerprint density at radius 1 is 0.426 bits per heavy atom. The molecular weight excluding hydrogens is 741 g/mol. The number of nitrogens with zero attached hydrogens (tertiary/aromatic N) is 2. The van der Waals surface area contributed by atoms with Crippen LogP contribution in [0.15, 0.2) is 205 Å². The van der Waals surface area contributed by atoms with Crippen LogP contribution in [0.2, 0.25) is 0 Å². The van der Waals surface area contributed by atoms with E-state index in [9.17, 15) is 0 Å². The number of anilines is 3. The van der Waals surface area contributed by atoms with Gasteiger partial charge in [0, 0.05) is 38.4 Å². The zero-order valence-corrected chi connectivity index (χ0v) is 34.0. The standard InChI is InChI=1S/C58H44N2O/c1-3-18-39(19-4-1)44-28-15-20-40-21-16-29-48(57(40)44)45-25-8-12-31-51(45)60(50-30-11-7-24-43(50)41-36-37-47-46-26-10-14-35-55(46)61-56(47)38-41)54-34-17-33-53-58(54)49-27-9-13-32-52(49)59(53)42-22-5-2-6-23-42/h2,5-17,20-39H,1,3-4,18-19H2. The highest BCUT2D eigenvalue weighted by molar-refractivity contribution is 6.18. The van der Waals surface area contributed by atoms with E-state index in [1.165, 1.54) is 81.4 Å². The Morgan fingerprint density at radius 2 is 1.05 bits per heavy atom. The maximum Gasteiger partial charge on any atom is 0.136 e. The van der Waals surface area contributed by atoms with Crippen molar-refractivity contribution in [1.29, 1.82) is 0 Å². The molecule has 12 rings (SSSR count). The second-order valence-corrected chi connectivity index (χ2v) is 16.6. The van der Waals surface area contributed by atoms with Crippen LogP contribution in [-0.2, 0) is 0 Å². The third-order valence-electron chi connectivity index (χ3n) is 13.2. The van der Waals surface area contributed by atoms with E-state index >= 15 is 0 Å². The fourth-order valence-corrected chi connectivity index (χ4v) is 10.5. The van der Waals surface area contributed by atoms with Crippen LogP contribution in [0.5, 0.6) is 0 Å². The van der Waals surface area contributed by atoms with Gasteiger partial charge in [0.25, 0.3) is 0 Å². The lowest BCUT2D eigenvalue weighted by atomic mass is 9.80. The lowest BCUT2D eigenvalue weighted by molar-refractivity contribution is 0.445. The summed E-state index contributed by atoms with van der Waals surface area (Å²) < 4.78 is 8.91. The van der Waals surface area contributed by atoms with Crippen molar-refractivity contribution >= 4 is 71.6 Å². The van der Waals surface area contributed by atoms with Crippen molar-refractivity contribution in [3.05, 3.63) is 206 Å². The molecule has 0 aliphatic heterocycles. The van der Waals surface area contributed by atoms with Crippen molar-refractivity contribution in [2.24, 2.45) is 0 Å². The van der Waals surface area contributed by atoms with Crippen molar-refractivity contribution in [1.82, 2.24) is 4.57 Å². The molecule has 9 aromatic carbocycles. The monoisotopic (exact) mass is 784 g/mol. The first-order valence-corrected chi connectivity index (χ1v) is 21.8. The molecule has 3 nitrogen and oxygen atoms in total. The molecule has 1 fully saturated rings. The highest BCUT2D eigenvalue weighted by Crippen LogP contribution is 2.51. The number of fused-ring (bicyclic) bond motifs is 7. The van der Waals surface area contributed by atoms with Gasteiger partial charge in [-0.3, -0.25) is 0 Å². The van der Waals surface area contributed by atoms with Gasteiger partial charge in [0.15, 0.2) is 0 Å². The lowest BCUT2D eigenvalue weighted by Gasteiger charge is -2.31. The van der Waals surface area contributed by atoms with Crippen LogP contribution in [-0.4, -0.2) is 4.57 Å². The first-order valence-electron chi connectivity index (χ1n) is 21.8. The van der Waals surface area contributed by atoms with Gasteiger partial charge in [-0.15, -0.1) is 0 Å². The predicted molar refractivity (Wildman–Crippen MR) is 257 cm³/mol. The summed E-state index contributed by atoms with van der Waals surface area (Å²) in [6.45, 7) is 0. The number of rotatable bonds is 7. The number of para-hydroxylation sites is 5. The quantitative estimate of drug-likeness (QED) is 0.161. The lowest BCUT2D eigenvalue weighted by Crippen LogP contribution is -2.13. The minimum absolute atomic E-state index is 0.564. The topological polar surface area (TPSA) is 21.3 Å². The molecule has 2 heterocycles. The largest absolute Gasteiger partial charge is 0.456 e. The second-order valence-electron chi connectivity index (χ2n) is 16.6. The number of furan rings is 1. The number of hydrogen-bond acceptors (Lipinski definition) is 2. The van der Waals surface area contributed by atoms with Gasteiger partial charge >= 0.3 is 0 Å². The zero-order chi connectivity index (χ0) is 40.3. The fourth-order valence-electron chi connectivity index (χ4n) is 10.5. The molecule has 3 heteroatoms. The van der Waals surface area contributed by atoms with Gasteiger partial charge in [-0.2, -0.15) is 0 Å². The van der Waals surface area contributed by atoms with E-state index in [0.29, 0.717) is 5.92 Å². The van der Waals surface area contributed by atoms with Gasteiger partial charge in [-0.05, 0) is 107 Å². The SMILES string of the molecule is c1ccc(-n2c3ccccc3c3c(N(c4ccccc4-c4ccc5c(c4)oc4ccccc45)c4ccccc4-c4cccc5cccc(C6CCCCC6)c45)cccc32)cc1. The molecule has 1 aliphatic rings. The summed E-state index contributed by atoms with van der Waals surface area (Å²) in [5, 5.41) is 7.37. The minimum Gasteiger partial charge on any atom is -0.456 e. The van der Waals surface area contributed by atoms with Crippen molar-refractivity contribution < 1.29 is 4.42 Å². The maximum absolute atomic E-state index is 6.50. The van der Waals surface area contributed by atoms with Crippen LogP contribution >= 0.6 is 0 Å². The van der Waals surface area contributed by atoms with Crippen LogP contribution in [0.1, 0.15) is 43.6 Å². The highest BCUT2D eigenvalue weighted by atomic mass is 16.3. The molecule has 0 radical (unpaired) electrons. The van der Waals surface area contributed by atoms with Gasteiger partial charge < -0.3 is 13.9 Å². The summed E-state index contributed by atoms with van der Waals surface area (Å²) in [6.07, 6.45) is 6.42. The van der Waals surface area contributed by atoms with E-state index in [-0.39, 0.29) is 0 Å². The molecule has 292 valence electrons. The Kier molecular flexibility index (Phi) is 8.59. The van der Waals surface area contributed by atoms with Crippen LogP contribution in [0.25, 0.3) is 82.5 Å². The minimum atomic E-state index is 0.564. The average Bonchev–Trinajstić information content (AvgIpc) is 3.88. The molecule has 11 aromatic rings. The number of hydrogen-bond donors (Lipinski definition) is 0. The van der Waals surface area contributed by atoms with E-state index in [2.05, 4.69) is 204 Å². The molecule has 0 amide bonds. The summed E-state index contributed by atoms with van der Waals surface area (Å²) in [5.74, 6) is 0.564. The van der Waals surface area contributed by atoms with E-state index in [4.69, 9.17) is 4.42 Å². The molecule has 1 aliphatic carbocycles. The molecule has 0 unspecified atom stereocenters. The van der Waals surface area contributed by atoms with Gasteiger partial charge in [-0.25, -0.2) is 0 Å². The second kappa shape index (κ2) is 14.7. The van der Waals surface area contributed by atoms with E-state index in [1.807, 2.05) is 6.07 Å². The van der Waals surface area contributed by atoms with Gasteiger partial charge in [0.05, 0.1) is 28.1 Å². The molecule has 61 heavy (non-hydrogen) atoms. The molecule has 1 saturated carbocycles. The van der Waals surface area contributed by atoms with Crippen molar-refractivity contribution in [2.45, 2.75) is 38.0 Å². The summed E-state index contributed by atoms with van der Waals surface area (Å²) in [6, 6.07) is 73.3. The summed E-state index contributed by atoms with van der Waals surface area (Å²) >= 11 is 0. The molecule has 0 N–H and O–H groups in total. The van der Waals surface area contributed by atoms with Gasteiger partial charge in [0.2, 0.25) is 0 Å². The Bertz CT molecular complexity index is 3420. The van der Waals surface area contributed by atoms with Crippen molar-refractivity contribution in [3.8, 4) is 27.9 Å². The first kappa shape index (κ1) is 35.6. The van der Waals surface area contributed by atoms with E-state index < -0.39 is 0 Å². The molecular formula is C58H44N2O. The van der Waals surface area contributed by atoms with Crippen LogP contribution in [0.4, 0.5) is 17.1 Å². The molecule has 0 saturated heterocycles. The highest BCUT2D eigenvalue weighted by Gasteiger charge is 2.27. The molecule has 0 bridgehead atoms. The Morgan fingerprint density at radius 3 is 1.90 bits per heavy atom. The summed E-state index contributed by atoms with van der Waals surface area (Å²) in [7, 11) is 0. The first-order chi connectivity index (χ1) is 30.3. The van der Waals surface area contributed by atoms with E-state index in [0.717, 1.165) is 55.8 Å². The smallest absolute Gasteiger partial charge is 0.136 e. The van der Waals surface area contributed by atoms with E-state index in [1.54, 1.807) is 0 Å². The molecule has 0 spiro atoms.